The van der Waals surface area contributed by atoms with Crippen molar-refractivity contribution in [2.75, 3.05) is 33.4 Å². The van der Waals surface area contributed by atoms with Gasteiger partial charge >= 0.3 is 0 Å². The minimum Gasteiger partial charge on any atom is -0.497 e. The number of nitrogens with zero attached hydrogens (tertiary/aromatic N) is 2. The Hall–Kier alpha value is -2.78. The van der Waals surface area contributed by atoms with Crippen LogP contribution in [-0.2, 0) is 6.42 Å². The maximum Gasteiger partial charge on any atom is 0.194 e. The SMILES string of the molecule is COc1ccc2ncc(F)c(C(F)CCC3(CO)CCN(CCCc4cc(F)c(F)c(F)c4)CC3)c2c1. The largest absolute Gasteiger partial charge is 0.497 e. The molecule has 1 aromatic heterocycles. The van der Waals surface area contributed by atoms with E-state index in [9.17, 15) is 22.7 Å². The number of benzene rings is 2. The van der Waals surface area contributed by atoms with Gasteiger partial charge < -0.3 is 14.7 Å². The number of halogens is 5. The van der Waals surface area contributed by atoms with Crippen LogP contribution in [0.4, 0.5) is 22.0 Å². The van der Waals surface area contributed by atoms with Crippen molar-refractivity contribution in [2.45, 2.75) is 44.7 Å². The van der Waals surface area contributed by atoms with Crippen LogP contribution in [0.1, 0.15) is 49.4 Å². The van der Waals surface area contributed by atoms with Crippen LogP contribution in [0.15, 0.2) is 36.5 Å². The summed E-state index contributed by atoms with van der Waals surface area (Å²) in [5.74, 6) is -4.06. The van der Waals surface area contributed by atoms with Crippen LogP contribution in [0, 0.1) is 28.7 Å². The maximum absolute atomic E-state index is 15.4. The smallest absolute Gasteiger partial charge is 0.194 e. The molecule has 9 heteroatoms. The molecule has 0 spiro atoms. The van der Waals surface area contributed by atoms with E-state index in [2.05, 4.69) is 9.88 Å². The van der Waals surface area contributed by atoms with Gasteiger partial charge in [0.25, 0.3) is 0 Å². The van der Waals surface area contributed by atoms with Crippen LogP contribution in [0.3, 0.4) is 0 Å². The van der Waals surface area contributed by atoms with E-state index < -0.39 is 34.9 Å². The van der Waals surface area contributed by atoms with E-state index in [0.29, 0.717) is 74.0 Å². The molecule has 4 nitrogen and oxygen atoms in total. The zero-order valence-corrected chi connectivity index (χ0v) is 20.8. The Bertz CT molecular complexity index is 1210. The lowest BCUT2D eigenvalue weighted by molar-refractivity contribution is 0.0298. The average Bonchev–Trinajstić information content (AvgIpc) is 2.90. The summed E-state index contributed by atoms with van der Waals surface area (Å²) in [7, 11) is 1.49. The first-order valence-corrected chi connectivity index (χ1v) is 12.5. The van der Waals surface area contributed by atoms with Gasteiger partial charge in [-0.2, -0.15) is 0 Å². The molecular weight excluding hydrogens is 491 g/mol. The van der Waals surface area contributed by atoms with E-state index in [4.69, 9.17) is 4.74 Å². The zero-order valence-electron chi connectivity index (χ0n) is 20.8. The summed E-state index contributed by atoms with van der Waals surface area (Å²) in [6.07, 6.45) is 2.31. The van der Waals surface area contributed by atoms with Crippen molar-refractivity contribution in [1.29, 1.82) is 0 Å². The van der Waals surface area contributed by atoms with E-state index in [1.807, 2.05) is 0 Å². The number of rotatable bonds is 10. The molecule has 37 heavy (non-hydrogen) atoms. The van der Waals surface area contributed by atoms with E-state index in [1.165, 1.54) is 7.11 Å². The number of aliphatic hydroxyl groups excluding tert-OH is 1. The van der Waals surface area contributed by atoms with Crippen molar-refractivity contribution >= 4 is 10.9 Å². The second-order valence-electron chi connectivity index (χ2n) is 9.89. The molecular formula is C28H31F5N2O2. The molecule has 2 heterocycles. The van der Waals surface area contributed by atoms with Gasteiger partial charge in [0.1, 0.15) is 17.7 Å². The number of aliphatic hydroxyl groups is 1. The van der Waals surface area contributed by atoms with Crippen LogP contribution in [0.25, 0.3) is 10.9 Å². The Kier molecular flexibility index (Phi) is 8.64. The molecule has 1 N–H and O–H groups in total. The van der Waals surface area contributed by atoms with Crippen molar-refractivity contribution in [2.24, 2.45) is 5.41 Å². The van der Waals surface area contributed by atoms with Crippen molar-refractivity contribution in [1.82, 2.24) is 9.88 Å². The summed E-state index contributed by atoms with van der Waals surface area (Å²) in [6.45, 7) is 1.97. The minimum absolute atomic E-state index is 0.0388. The molecule has 0 amide bonds. The number of alkyl halides is 1. The Morgan fingerprint density at radius 1 is 1.05 bits per heavy atom. The molecule has 1 unspecified atom stereocenters. The van der Waals surface area contributed by atoms with Gasteiger partial charge in [0.2, 0.25) is 0 Å². The molecule has 1 saturated heterocycles. The van der Waals surface area contributed by atoms with Crippen LogP contribution in [0.2, 0.25) is 0 Å². The standard InChI is InChI=1S/C28H31F5N2O2/c1-37-19-4-5-25-20(15-19)26(24(32)16-34-25)21(29)6-7-28(17-36)8-11-35(12-9-28)10-2-3-18-13-22(30)27(33)23(31)14-18/h4-5,13-16,21,36H,2-3,6-12,17H2,1H3. The molecule has 3 aromatic rings. The maximum atomic E-state index is 15.4. The first kappa shape index (κ1) is 27.3. The summed E-state index contributed by atoms with van der Waals surface area (Å²) in [4.78, 5) is 6.24. The molecule has 1 fully saturated rings. The van der Waals surface area contributed by atoms with E-state index in [1.54, 1.807) is 18.2 Å². The number of aromatic nitrogens is 1. The average molecular weight is 523 g/mol. The molecule has 0 radical (unpaired) electrons. The lowest BCUT2D eigenvalue weighted by Crippen LogP contribution is -2.42. The molecule has 0 aliphatic carbocycles. The summed E-state index contributed by atoms with van der Waals surface area (Å²) in [5.41, 5.74) is 0.390. The Balaban J connectivity index is 1.32. The number of likely N-dealkylation sites (tertiary alicyclic amines) is 1. The highest BCUT2D eigenvalue weighted by Gasteiger charge is 2.35. The van der Waals surface area contributed by atoms with Crippen LogP contribution in [-0.4, -0.2) is 48.3 Å². The number of hydrogen-bond donors (Lipinski definition) is 1. The fourth-order valence-electron chi connectivity index (χ4n) is 5.19. The predicted octanol–water partition coefficient (Wildman–Crippen LogP) is 6.30. The summed E-state index contributed by atoms with van der Waals surface area (Å²) < 4.78 is 75.2. The summed E-state index contributed by atoms with van der Waals surface area (Å²) in [5, 5.41) is 10.5. The van der Waals surface area contributed by atoms with Gasteiger partial charge in [-0.1, -0.05) is 0 Å². The van der Waals surface area contributed by atoms with Crippen molar-refractivity contribution in [3.63, 3.8) is 0 Å². The van der Waals surface area contributed by atoms with Crippen LogP contribution < -0.4 is 4.74 Å². The number of ether oxygens (including phenoxy) is 1. The van der Waals surface area contributed by atoms with Crippen molar-refractivity contribution in [3.8, 4) is 5.75 Å². The first-order valence-electron chi connectivity index (χ1n) is 12.5. The first-order chi connectivity index (χ1) is 17.7. The molecule has 2 aromatic carbocycles. The van der Waals surface area contributed by atoms with Gasteiger partial charge in [-0.3, -0.25) is 4.98 Å². The molecule has 200 valence electrons. The third kappa shape index (κ3) is 6.21. The number of fused-ring (bicyclic) bond motifs is 1. The second kappa shape index (κ2) is 11.7. The number of methoxy groups -OCH3 is 1. The highest BCUT2D eigenvalue weighted by molar-refractivity contribution is 5.84. The minimum atomic E-state index is -1.56. The normalized spacial score (nSPS) is 16.7. The Morgan fingerprint density at radius 2 is 1.76 bits per heavy atom. The topological polar surface area (TPSA) is 45.6 Å². The highest BCUT2D eigenvalue weighted by Crippen LogP contribution is 2.40. The summed E-state index contributed by atoms with van der Waals surface area (Å²) in [6, 6.07) is 6.97. The van der Waals surface area contributed by atoms with E-state index >= 15 is 4.39 Å². The molecule has 1 aliphatic heterocycles. The van der Waals surface area contributed by atoms with E-state index in [-0.39, 0.29) is 18.6 Å². The zero-order chi connectivity index (χ0) is 26.6. The second-order valence-corrected chi connectivity index (χ2v) is 9.89. The molecule has 1 aliphatic rings. The summed E-state index contributed by atoms with van der Waals surface area (Å²) >= 11 is 0. The van der Waals surface area contributed by atoms with E-state index in [0.717, 1.165) is 18.3 Å². The van der Waals surface area contributed by atoms with Gasteiger partial charge in [-0.05, 0) is 99.5 Å². The number of aryl methyl sites for hydroxylation is 1. The number of pyridine rings is 1. The van der Waals surface area contributed by atoms with Gasteiger partial charge in [0, 0.05) is 17.6 Å². The van der Waals surface area contributed by atoms with Gasteiger partial charge in [-0.15, -0.1) is 0 Å². The van der Waals surface area contributed by atoms with Crippen LogP contribution in [0.5, 0.6) is 5.75 Å². The molecule has 1 atom stereocenters. The van der Waals surface area contributed by atoms with Gasteiger partial charge in [0.15, 0.2) is 17.5 Å². The molecule has 4 rings (SSSR count). The van der Waals surface area contributed by atoms with Gasteiger partial charge in [-0.25, -0.2) is 22.0 Å². The van der Waals surface area contributed by atoms with Crippen molar-refractivity contribution < 1.29 is 31.8 Å². The van der Waals surface area contributed by atoms with Gasteiger partial charge in [0.05, 0.1) is 18.8 Å². The number of hydrogen-bond acceptors (Lipinski definition) is 4. The Morgan fingerprint density at radius 3 is 2.41 bits per heavy atom. The highest BCUT2D eigenvalue weighted by atomic mass is 19.2. The monoisotopic (exact) mass is 522 g/mol. The lowest BCUT2D eigenvalue weighted by Gasteiger charge is -2.41. The third-order valence-electron chi connectivity index (χ3n) is 7.55. The predicted molar refractivity (Wildman–Crippen MR) is 131 cm³/mol. The fourth-order valence-corrected chi connectivity index (χ4v) is 5.19. The molecule has 0 saturated carbocycles. The Labute approximate surface area is 213 Å². The fraction of sp³-hybridized carbons (Fsp3) is 0.464. The van der Waals surface area contributed by atoms with Crippen molar-refractivity contribution in [3.05, 3.63) is 70.9 Å². The molecule has 0 bridgehead atoms. The van der Waals surface area contributed by atoms with Crippen LogP contribution >= 0.6 is 0 Å². The third-order valence-corrected chi connectivity index (χ3v) is 7.55. The quantitative estimate of drug-likeness (QED) is 0.251. The lowest BCUT2D eigenvalue weighted by atomic mass is 9.74. The number of piperidine rings is 1.